The number of anilines is 1. The van der Waals surface area contributed by atoms with Crippen LogP contribution >= 0.6 is 11.3 Å². The highest BCUT2D eigenvalue weighted by Crippen LogP contribution is 2.26. The fraction of sp³-hybridized carbons (Fsp3) is 0.571. The number of likely N-dealkylation sites (tertiary alicyclic amines) is 1. The van der Waals surface area contributed by atoms with Gasteiger partial charge in [-0.05, 0) is 13.8 Å². The molecule has 2 fully saturated rings. The van der Waals surface area contributed by atoms with Gasteiger partial charge in [-0.15, -0.1) is 11.3 Å². The van der Waals surface area contributed by atoms with Gasteiger partial charge in [0, 0.05) is 18.2 Å². The molecule has 0 radical (unpaired) electrons. The molecule has 0 aliphatic carbocycles. The molecular formula is C21H30N9O8S2+. The van der Waals surface area contributed by atoms with Crippen LogP contribution in [0.4, 0.5) is 5.13 Å². The summed E-state index contributed by atoms with van der Waals surface area (Å²) in [5.41, 5.74) is 3.95. The number of rotatable bonds is 11. The second-order valence-corrected chi connectivity index (χ2v) is 12.5. The number of carbonyl (C=O) groups is 3. The summed E-state index contributed by atoms with van der Waals surface area (Å²) in [7, 11) is -2.86. The molecule has 2 aromatic rings. The number of oxime groups is 1. The maximum Gasteiger partial charge on any atom is 0.362 e. The van der Waals surface area contributed by atoms with Crippen LogP contribution in [-0.4, -0.2) is 108 Å². The molecule has 2 aliphatic rings. The van der Waals surface area contributed by atoms with E-state index in [2.05, 4.69) is 32.7 Å². The number of hydrogen-bond acceptors (Lipinski definition) is 12. The molecule has 4 heterocycles. The van der Waals surface area contributed by atoms with Gasteiger partial charge in [-0.2, -0.15) is 23.4 Å². The zero-order chi connectivity index (χ0) is 29.5. The molecule has 40 heavy (non-hydrogen) atoms. The summed E-state index contributed by atoms with van der Waals surface area (Å²) < 4.78 is 34.6. The lowest BCUT2D eigenvalue weighted by Gasteiger charge is -2.43. The van der Waals surface area contributed by atoms with Crippen LogP contribution in [0.5, 0.6) is 0 Å². The van der Waals surface area contributed by atoms with E-state index in [1.54, 1.807) is 6.20 Å². The Kier molecular flexibility index (Phi) is 7.85. The average Bonchev–Trinajstić information content (AvgIpc) is 3.58. The van der Waals surface area contributed by atoms with Crippen LogP contribution in [0, 0.1) is 0 Å². The smallest absolute Gasteiger partial charge is 0.362 e. The fourth-order valence-electron chi connectivity index (χ4n) is 4.46. The first kappa shape index (κ1) is 29.3. The van der Waals surface area contributed by atoms with Gasteiger partial charge in [-0.25, -0.2) is 14.1 Å². The van der Waals surface area contributed by atoms with Crippen molar-refractivity contribution in [2.24, 2.45) is 5.16 Å². The van der Waals surface area contributed by atoms with Crippen LogP contribution in [0.1, 0.15) is 38.1 Å². The molecule has 0 saturated carbocycles. The number of carboxylic acids is 1. The summed E-state index contributed by atoms with van der Waals surface area (Å²) >= 11 is 0.973. The summed E-state index contributed by atoms with van der Waals surface area (Å²) in [6.45, 7) is 4.76. The largest absolute Gasteiger partial charge is 0.478 e. The summed E-state index contributed by atoms with van der Waals surface area (Å²) in [5, 5.41) is 25.3. The summed E-state index contributed by atoms with van der Waals surface area (Å²) in [4.78, 5) is 47.6. The van der Waals surface area contributed by atoms with Crippen LogP contribution < -0.4 is 11.1 Å². The number of nitrogens with one attached hydrogen (secondary N) is 1. The van der Waals surface area contributed by atoms with Crippen molar-refractivity contribution in [3.05, 3.63) is 23.0 Å². The molecule has 17 nitrogen and oxygen atoms in total. The van der Waals surface area contributed by atoms with E-state index in [1.807, 2.05) is 0 Å². The number of hydrogen-bond donors (Lipinski definition) is 4. The Hall–Kier alpha value is -3.68. The van der Waals surface area contributed by atoms with Crippen LogP contribution in [0.3, 0.4) is 0 Å². The molecule has 2 unspecified atom stereocenters. The SMILES string of the molecule is CC(C)(ON=C(C(=O)NC1C(=O)N(S(=O)(=O)O)C1Cn1ncc(C[N+]2(C)CCCC2)n1)c1csc(N)n1)C(=O)O. The van der Waals surface area contributed by atoms with Crippen molar-refractivity contribution in [3.8, 4) is 0 Å². The Morgan fingerprint density at radius 2 is 2.02 bits per heavy atom. The Balaban J connectivity index is 1.55. The minimum atomic E-state index is -4.97. The van der Waals surface area contributed by atoms with E-state index in [-0.39, 0.29) is 21.7 Å². The normalized spacial score (nSPS) is 21.2. The molecule has 2 amide bonds. The van der Waals surface area contributed by atoms with Crippen LogP contribution in [-0.2, 0) is 42.6 Å². The predicted molar refractivity (Wildman–Crippen MR) is 139 cm³/mol. The number of nitrogens with two attached hydrogens (primary N) is 1. The highest BCUT2D eigenvalue weighted by Gasteiger charge is 2.54. The molecule has 4 rings (SSSR count). The maximum absolute atomic E-state index is 13.2. The Morgan fingerprint density at radius 1 is 1.35 bits per heavy atom. The van der Waals surface area contributed by atoms with Crippen molar-refractivity contribution in [1.82, 2.24) is 29.6 Å². The molecule has 0 spiro atoms. The zero-order valence-corrected chi connectivity index (χ0v) is 23.6. The van der Waals surface area contributed by atoms with Gasteiger partial charge in [0.1, 0.15) is 30.0 Å². The Labute approximate surface area is 233 Å². The minimum absolute atomic E-state index is 0.0620. The van der Waals surface area contributed by atoms with Gasteiger partial charge in [-0.3, -0.25) is 14.1 Å². The van der Waals surface area contributed by atoms with Gasteiger partial charge < -0.3 is 25.5 Å². The first-order valence-electron chi connectivity index (χ1n) is 12.1. The van der Waals surface area contributed by atoms with Gasteiger partial charge in [0.2, 0.25) is 5.60 Å². The number of carbonyl (C=O) groups excluding carboxylic acids is 2. The number of amides is 2. The first-order chi connectivity index (χ1) is 18.6. The van der Waals surface area contributed by atoms with E-state index in [1.165, 1.54) is 24.0 Å². The molecule has 0 aromatic carbocycles. The monoisotopic (exact) mass is 600 g/mol. The van der Waals surface area contributed by atoms with Crippen molar-refractivity contribution in [3.63, 3.8) is 0 Å². The zero-order valence-electron chi connectivity index (χ0n) is 21.9. The van der Waals surface area contributed by atoms with E-state index in [4.69, 9.17) is 10.6 Å². The standard InChI is InChI=1S/C21H29N9O8S2/c1-21(2,19(33)34)38-27-15(13-11-39-20(22)24-13)17(31)25-16-14(29(18(16)32)40(35,36)37)9-28-23-8-12(26-28)10-30(3)6-4-5-7-30/h8,11,14,16H,4-7,9-10H2,1-3H3,(H4-,22,24,25,31,33,34,35,36,37)/p+1. The summed E-state index contributed by atoms with van der Waals surface area (Å²) in [5.74, 6) is -3.49. The minimum Gasteiger partial charge on any atom is -0.478 e. The number of quaternary nitrogens is 1. The van der Waals surface area contributed by atoms with Gasteiger partial charge in [-0.1, -0.05) is 5.16 Å². The van der Waals surface area contributed by atoms with E-state index in [9.17, 15) is 32.5 Å². The first-order valence-corrected chi connectivity index (χ1v) is 14.4. The topological polar surface area (TPSA) is 232 Å². The predicted octanol–water partition coefficient (Wildman–Crippen LogP) is -1.16. The van der Waals surface area contributed by atoms with Crippen molar-refractivity contribution < 1.29 is 41.8 Å². The molecule has 2 aromatic heterocycles. The Bertz CT molecular complexity index is 1450. The van der Waals surface area contributed by atoms with Crippen LogP contribution in [0.15, 0.2) is 16.7 Å². The van der Waals surface area contributed by atoms with E-state index >= 15 is 0 Å². The fourth-order valence-corrected chi connectivity index (χ4v) is 5.88. The molecule has 5 N–H and O–H groups in total. The third-order valence-electron chi connectivity index (χ3n) is 6.69. The third kappa shape index (κ3) is 6.21. The highest BCUT2D eigenvalue weighted by atomic mass is 32.2. The number of nitrogens with zero attached hydrogens (tertiary/aromatic N) is 7. The van der Waals surface area contributed by atoms with Gasteiger partial charge in [0.15, 0.2) is 10.8 Å². The second-order valence-electron chi connectivity index (χ2n) is 10.4. The van der Waals surface area contributed by atoms with E-state index in [0.29, 0.717) is 12.2 Å². The summed E-state index contributed by atoms with van der Waals surface area (Å²) in [6.07, 6.45) is 3.76. The molecule has 2 aliphatic heterocycles. The van der Waals surface area contributed by atoms with Crippen LogP contribution in [0.2, 0.25) is 0 Å². The average molecular weight is 601 g/mol. The summed E-state index contributed by atoms with van der Waals surface area (Å²) in [6, 6.07) is -2.71. The number of carboxylic acid groups (broad SMARTS) is 1. The lowest BCUT2D eigenvalue weighted by atomic mass is 9.98. The van der Waals surface area contributed by atoms with Crippen molar-refractivity contribution in [1.29, 1.82) is 0 Å². The van der Waals surface area contributed by atoms with Crippen molar-refractivity contribution in [2.45, 2.75) is 57.5 Å². The van der Waals surface area contributed by atoms with Gasteiger partial charge in [0.25, 0.3) is 11.8 Å². The van der Waals surface area contributed by atoms with Gasteiger partial charge in [0.05, 0.1) is 32.9 Å². The van der Waals surface area contributed by atoms with E-state index in [0.717, 1.165) is 41.8 Å². The molecule has 218 valence electrons. The molecular weight excluding hydrogens is 570 g/mol. The highest BCUT2D eigenvalue weighted by molar-refractivity contribution is 7.84. The second kappa shape index (κ2) is 10.7. The molecule has 0 bridgehead atoms. The third-order valence-corrected chi connectivity index (χ3v) is 8.31. The molecule has 2 saturated heterocycles. The van der Waals surface area contributed by atoms with Crippen molar-refractivity contribution >= 4 is 50.3 Å². The number of aromatic nitrogens is 4. The molecule has 2 atom stereocenters. The quantitative estimate of drug-likeness (QED) is 0.0786. The van der Waals surface area contributed by atoms with Crippen molar-refractivity contribution in [2.75, 3.05) is 25.9 Å². The number of nitrogen functional groups attached to an aromatic ring is 1. The molecule has 19 heteroatoms. The maximum atomic E-state index is 13.2. The van der Waals surface area contributed by atoms with Gasteiger partial charge >= 0.3 is 16.3 Å². The Morgan fingerprint density at radius 3 is 2.60 bits per heavy atom. The lowest BCUT2D eigenvalue weighted by molar-refractivity contribution is -0.911. The van der Waals surface area contributed by atoms with E-state index < -0.39 is 51.5 Å². The number of aliphatic carboxylic acids is 1. The number of thiazole rings is 1. The lowest BCUT2D eigenvalue weighted by Crippen LogP contribution is -2.73. The number of β-lactam (4-membered cyclic amide) rings is 1. The van der Waals surface area contributed by atoms with Crippen LogP contribution in [0.25, 0.3) is 0 Å².